The van der Waals surface area contributed by atoms with E-state index in [9.17, 15) is 9.59 Å². The van der Waals surface area contributed by atoms with Gasteiger partial charge < -0.3 is 9.84 Å². The fourth-order valence-electron chi connectivity index (χ4n) is 1.65. The van der Waals surface area contributed by atoms with Gasteiger partial charge in [-0.15, -0.1) is 0 Å². The molecule has 104 valence electrons. The molecule has 0 saturated heterocycles. The fraction of sp³-hybridized carbons (Fsp3) is 0.467. The Labute approximate surface area is 113 Å². The number of ether oxygens (including phenoxy) is 1. The Morgan fingerprint density at radius 1 is 1.21 bits per heavy atom. The molecule has 0 saturated carbocycles. The highest BCUT2D eigenvalue weighted by atomic mass is 16.5. The lowest BCUT2D eigenvalue weighted by atomic mass is 10.0. The Morgan fingerprint density at radius 3 is 2.37 bits per heavy atom. The van der Waals surface area contributed by atoms with Crippen molar-refractivity contribution in [1.29, 1.82) is 0 Å². The Morgan fingerprint density at radius 2 is 1.84 bits per heavy atom. The molecule has 0 aliphatic rings. The summed E-state index contributed by atoms with van der Waals surface area (Å²) in [5.41, 5.74) is 2.14. The molecular formula is C15H20O4. The number of hydrogen-bond donors (Lipinski definition) is 1. The zero-order valence-electron chi connectivity index (χ0n) is 11.4. The van der Waals surface area contributed by atoms with Gasteiger partial charge >= 0.3 is 11.9 Å². The van der Waals surface area contributed by atoms with Gasteiger partial charge in [0.25, 0.3) is 0 Å². The van der Waals surface area contributed by atoms with Gasteiger partial charge in [-0.2, -0.15) is 0 Å². The van der Waals surface area contributed by atoms with Crippen molar-refractivity contribution in [2.75, 3.05) is 6.61 Å². The van der Waals surface area contributed by atoms with E-state index in [2.05, 4.69) is 13.8 Å². The number of aliphatic carboxylic acids is 1. The molecule has 0 spiro atoms. The van der Waals surface area contributed by atoms with Crippen LogP contribution in [0.25, 0.3) is 0 Å². The molecule has 0 fully saturated rings. The van der Waals surface area contributed by atoms with Gasteiger partial charge in [-0.3, -0.25) is 9.59 Å². The summed E-state index contributed by atoms with van der Waals surface area (Å²) >= 11 is 0. The van der Waals surface area contributed by atoms with Crippen molar-refractivity contribution >= 4 is 11.9 Å². The van der Waals surface area contributed by atoms with E-state index in [0.29, 0.717) is 12.3 Å². The summed E-state index contributed by atoms with van der Waals surface area (Å²) in [5.74, 6) is -0.722. The molecule has 0 bridgehead atoms. The zero-order valence-corrected chi connectivity index (χ0v) is 11.4. The normalized spacial score (nSPS) is 10.5. The molecular weight excluding hydrogens is 244 g/mol. The van der Waals surface area contributed by atoms with E-state index in [-0.39, 0.29) is 25.4 Å². The highest BCUT2D eigenvalue weighted by Crippen LogP contribution is 2.15. The Kier molecular flexibility index (Phi) is 6.06. The van der Waals surface area contributed by atoms with Crippen LogP contribution in [0.15, 0.2) is 24.3 Å². The third-order valence-corrected chi connectivity index (χ3v) is 2.79. The van der Waals surface area contributed by atoms with E-state index < -0.39 is 5.97 Å². The van der Waals surface area contributed by atoms with E-state index in [0.717, 1.165) is 5.56 Å². The van der Waals surface area contributed by atoms with Crippen LogP contribution in [0.5, 0.6) is 0 Å². The quantitative estimate of drug-likeness (QED) is 0.607. The van der Waals surface area contributed by atoms with Gasteiger partial charge in [0.1, 0.15) is 0 Å². The van der Waals surface area contributed by atoms with Crippen LogP contribution in [-0.4, -0.2) is 23.7 Å². The number of esters is 1. The molecule has 0 unspecified atom stereocenters. The molecule has 0 radical (unpaired) electrons. The van der Waals surface area contributed by atoms with Gasteiger partial charge in [0.05, 0.1) is 13.0 Å². The highest BCUT2D eigenvalue weighted by molar-refractivity contribution is 5.72. The maximum Gasteiger partial charge on any atom is 0.310 e. The van der Waals surface area contributed by atoms with Gasteiger partial charge in [0.15, 0.2) is 0 Å². The van der Waals surface area contributed by atoms with Crippen molar-refractivity contribution in [2.24, 2.45) is 0 Å². The summed E-state index contributed by atoms with van der Waals surface area (Å²) in [5, 5.41) is 8.44. The number of benzene rings is 1. The molecule has 1 aromatic carbocycles. The first-order valence-corrected chi connectivity index (χ1v) is 6.45. The average molecular weight is 264 g/mol. The molecule has 19 heavy (non-hydrogen) atoms. The van der Waals surface area contributed by atoms with Crippen LogP contribution in [0.4, 0.5) is 0 Å². The lowest BCUT2D eigenvalue weighted by Gasteiger charge is -2.07. The minimum atomic E-state index is -0.875. The van der Waals surface area contributed by atoms with Crippen LogP contribution < -0.4 is 0 Å². The number of carbonyl (C=O) groups is 2. The van der Waals surface area contributed by atoms with Crippen LogP contribution >= 0.6 is 0 Å². The minimum Gasteiger partial charge on any atom is -0.481 e. The van der Waals surface area contributed by atoms with E-state index in [1.54, 1.807) is 0 Å². The monoisotopic (exact) mass is 264 g/mol. The summed E-state index contributed by atoms with van der Waals surface area (Å²) in [6, 6.07) is 7.87. The van der Waals surface area contributed by atoms with Gasteiger partial charge in [-0.05, 0) is 23.5 Å². The molecule has 1 N–H and O–H groups in total. The molecule has 0 aliphatic heterocycles. The predicted molar refractivity (Wildman–Crippen MR) is 72.1 cm³/mol. The molecule has 0 aliphatic carbocycles. The third kappa shape index (κ3) is 6.04. The first-order valence-electron chi connectivity index (χ1n) is 6.45. The van der Waals surface area contributed by atoms with E-state index in [4.69, 9.17) is 9.84 Å². The van der Waals surface area contributed by atoms with Gasteiger partial charge in [0.2, 0.25) is 0 Å². The van der Waals surface area contributed by atoms with Crippen LogP contribution in [0, 0.1) is 0 Å². The molecule has 0 atom stereocenters. The second-order valence-corrected chi connectivity index (χ2v) is 4.79. The summed E-state index contributed by atoms with van der Waals surface area (Å²) < 4.78 is 4.97. The van der Waals surface area contributed by atoms with Crippen molar-refractivity contribution < 1.29 is 19.4 Å². The molecule has 0 heterocycles. The summed E-state index contributed by atoms with van der Waals surface area (Å²) in [7, 11) is 0. The number of carbonyl (C=O) groups excluding carboxylic acids is 1. The molecule has 0 aromatic heterocycles. The first kappa shape index (κ1) is 15.2. The van der Waals surface area contributed by atoms with E-state index in [1.165, 1.54) is 5.56 Å². The highest BCUT2D eigenvalue weighted by Gasteiger charge is 2.06. The van der Waals surface area contributed by atoms with Crippen molar-refractivity contribution in [3.05, 3.63) is 35.4 Å². The number of carboxylic acid groups (broad SMARTS) is 1. The van der Waals surface area contributed by atoms with Gasteiger partial charge in [-0.25, -0.2) is 0 Å². The lowest BCUT2D eigenvalue weighted by molar-refractivity contribution is -0.144. The topological polar surface area (TPSA) is 63.6 Å². The Balaban J connectivity index is 2.33. The predicted octanol–water partition coefficient (Wildman–Crippen LogP) is 2.76. The van der Waals surface area contributed by atoms with Gasteiger partial charge in [0, 0.05) is 6.42 Å². The largest absolute Gasteiger partial charge is 0.481 e. The van der Waals surface area contributed by atoms with Crippen molar-refractivity contribution in [3.63, 3.8) is 0 Å². The zero-order chi connectivity index (χ0) is 14.3. The van der Waals surface area contributed by atoms with Crippen molar-refractivity contribution in [1.82, 2.24) is 0 Å². The maximum absolute atomic E-state index is 11.5. The van der Waals surface area contributed by atoms with Crippen molar-refractivity contribution in [3.8, 4) is 0 Å². The second kappa shape index (κ2) is 7.56. The van der Waals surface area contributed by atoms with E-state index >= 15 is 0 Å². The SMILES string of the molecule is CC(C)c1ccc(CC(=O)OCCCC(=O)O)cc1. The number of carboxylic acids is 1. The second-order valence-electron chi connectivity index (χ2n) is 4.79. The number of hydrogen-bond acceptors (Lipinski definition) is 3. The smallest absolute Gasteiger partial charge is 0.310 e. The minimum absolute atomic E-state index is 0.0242. The van der Waals surface area contributed by atoms with Gasteiger partial charge in [-0.1, -0.05) is 38.1 Å². The standard InChI is InChI=1S/C15H20O4/c1-11(2)13-7-5-12(6-8-13)10-15(18)19-9-3-4-14(16)17/h5-8,11H,3-4,9-10H2,1-2H3,(H,16,17). The third-order valence-electron chi connectivity index (χ3n) is 2.79. The van der Waals surface area contributed by atoms with Crippen LogP contribution in [-0.2, 0) is 20.7 Å². The molecule has 1 rings (SSSR count). The average Bonchev–Trinajstić information content (AvgIpc) is 2.35. The molecule has 1 aromatic rings. The molecule has 4 heteroatoms. The Bertz CT molecular complexity index is 420. The number of rotatable bonds is 7. The lowest BCUT2D eigenvalue weighted by Crippen LogP contribution is -2.10. The summed E-state index contributed by atoms with van der Waals surface area (Å²) in [6.45, 7) is 4.40. The molecule has 4 nitrogen and oxygen atoms in total. The first-order chi connectivity index (χ1) is 8.99. The maximum atomic E-state index is 11.5. The molecule has 0 amide bonds. The van der Waals surface area contributed by atoms with Crippen LogP contribution in [0.2, 0.25) is 0 Å². The summed E-state index contributed by atoms with van der Waals surface area (Å²) in [4.78, 5) is 21.8. The van der Waals surface area contributed by atoms with Crippen LogP contribution in [0.3, 0.4) is 0 Å². The summed E-state index contributed by atoms with van der Waals surface area (Å²) in [6.07, 6.45) is 0.606. The Hall–Kier alpha value is -1.84. The van der Waals surface area contributed by atoms with Crippen LogP contribution in [0.1, 0.15) is 43.7 Å². The van der Waals surface area contributed by atoms with Crippen molar-refractivity contribution in [2.45, 2.75) is 39.0 Å². The fourth-order valence-corrected chi connectivity index (χ4v) is 1.65. The van der Waals surface area contributed by atoms with E-state index in [1.807, 2.05) is 24.3 Å².